The Kier molecular flexibility index (Phi) is 5.98. The van der Waals surface area contributed by atoms with Crippen molar-refractivity contribution in [1.29, 1.82) is 0 Å². The summed E-state index contributed by atoms with van der Waals surface area (Å²) in [6, 6.07) is -0.482. The first-order chi connectivity index (χ1) is 9.30. The summed E-state index contributed by atoms with van der Waals surface area (Å²) in [6.07, 6.45) is 1.18. The van der Waals surface area contributed by atoms with Crippen LogP contribution in [0.5, 0.6) is 0 Å². The van der Waals surface area contributed by atoms with Gasteiger partial charge in [-0.25, -0.2) is 8.42 Å². The molecule has 116 valence electrons. The highest BCUT2D eigenvalue weighted by Crippen LogP contribution is 2.14. The largest absolute Gasteiger partial charge is 0.342 e. The van der Waals surface area contributed by atoms with Crippen molar-refractivity contribution in [3.63, 3.8) is 0 Å². The molecule has 0 aromatic carbocycles. The van der Waals surface area contributed by atoms with Gasteiger partial charge in [0.15, 0.2) is 0 Å². The number of carbonyl (C=O) groups excluding carboxylic acids is 2. The van der Waals surface area contributed by atoms with E-state index in [1.54, 1.807) is 6.92 Å². The lowest BCUT2D eigenvalue weighted by atomic mass is 9.96. The Bertz CT molecular complexity index is 461. The number of rotatable bonds is 7. The van der Waals surface area contributed by atoms with Crippen molar-refractivity contribution in [2.75, 3.05) is 24.6 Å². The van der Waals surface area contributed by atoms with Crippen LogP contribution in [0.1, 0.15) is 33.6 Å². The summed E-state index contributed by atoms with van der Waals surface area (Å²) in [6.45, 7) is 5.84. The summed E-state index contributed by atoms with van der Waals surface area (Å²) in [7, 11) is -3.02. The maximum atomic E-state index is 12.3. The number of hydrogen-bond donors (Lipinski definition) is 1. The molecule has 0 radical (unpaired) electrons. The SMILES string of the molecule is CCC(C)C1NC(=O)CN(CCCS(=O)(=O)CC)C1=O. The van der Waals surface area contributed by atoms with E-state index < -0.39 is 15.9 Å². The van der Waals surface area contributed by atoms with E-state index in [1.807, 2.05) is 13.8 Å². The molecular weight excluding hydrogens is 280 g/mol. The summed E-state index contributed by atoms with van der Waals surface area (Å²) in [5.41, 5.74) is 0. The monoisotopic (exact) mass is 304 g/mol. The fourth-order valence-corrected chi connectivity index (χ4v) is 3.02. The van der Waals surface area contributed by atoms with Crippen LogP contribution in [0, 0.1) is 5.92 Å². The lowest BCUT2D eigenvalue weighted by molar-refractivity contribution is -0.145. The molecular formula is C13H24N2O4S. The van der Waals surface area contributed by atoms with Gasteiger partial charge in [0.25, 0.3) is 0 Å². The second-order valence-electron chi connectivity index (χ2n) is 5.28. The molecule has 20 heavy (non-hydrogen) atoms. The third kappa shape index (κ3) is 4.47. The molecule has 0 bridgehead atoms. The van der Waals surface area contributed by atoms with Gasteiger partial charge in [-0.1, -0.05) is 27.2 Å². The molecule has 1 rings (SSSR count). The molecule has 2 unspecified atom stereocenters. The highest BCUT2D eigenvalue weighted by atomic mass is 32.2. The average Bonchev–Trinajstić information content (AvgIpc) is 2.41. The van der Waals surface area contributed by atoms with Gasteiger partial charge in [0.2, 0.25) is 11.8 Å². The number of amides is 2. The Hall–Kier alpha value is -1.11. The molecule has 2 amide bonds. The van der Waals surface area contributed by atoms with Crippen LogP contribution in [0.3, 0.4) is 0 Å². The normalized spacial score (nSPS) is 21.8. The third-order valence-electron chi connectivity index (χ3n) is 3.76. The molecule has 0 spiro atoms. The molecule has 1 fully saturated rings. The first kappa shape index (κ1) is 16.9. The van der Waals surface area contributed by atoms with Crippen molar-refractivity contribution in [1.82, 2.24) is 10.2 Å². The number of piperazine rings is 1. The molecule has 1 aliphatic rings. The molecule has 1 heterocycles. The van der Waals surface area contributed by atoms with Gasteiger partial charge < -0.3 is 10.2 Å². The predicted molar refractivity (Wildman–Crippen MR) is 76.9 cm³/mol. The van der Waals surface area contributed by atoms with Crippen LogP contribution >= 0.6 is 0 Å². The Balaban J connectivity index is 2.60. The molecule has 0 aromatic heterocycles. The molecule has 1 aliphatic heterocycles. The molecule has 7 heteroatoms. The van der Waals surface area contributed by atoms with Crippen LogP contribution < -0.4 is 5.32 Å². The van der Waals surface area contributed by atoms with Gasteiger partial charge in [-0.3, -0.25) is 9.59 Å². The first-order valence-electron chi connectivity index (χ1n) is 7.09. The minimum absolute atomic E-state index is 0.0257. The number of nitrogens with zero attached hydrogens (tertiary/aromatic N) is 1. The molecule has 6 nitrogen and oxygen atoms in total. The second kappa shape index (κ2) is 7.06. The highest BCUT2D eigenvalue weighted by Gasteiger charge is 2.35. The number of hydrogen-bond acceptors (Lipinski definition) is 4. The van der Waals surface area contributed by atoms with Crippen LogP contribution in [0.2, 0.25) is 0 Å². The Morgan fingerprint density at radius 1 is 1.35 bits per heavy atom. The third-order valence-corrected chi connectivity index (χ3v) is 5.56. The van der Waals surface area contributed by atoms with Gasteiger partial charge in [0.1, 0.15) is 15.9 Å². The number of sulfone groups is 1. The minimum Gasteiger partial charge on any atom is -0.342 e. The highest BCUT2D eigenvalue weighted by molar-refractivity contribution is 7.91. The average molecular weight is 304 g/mol. The van der Waals surface area contributed by atoms with E-state index >= 15 is 0 Å². The van der Waals surface area contributed by atoms with Crippen LogP contribution in [-0.4, -0.2) is 55.8 Å². The zero-order valence-corrected chi connectivity index (χ0v) is 13.2. The van der Waals surface area contributed by atoms with Gasteiger partial charge >= 0.3 is 0 Å². The van der Waals surface area contributed by atoms with Crippen LogP contribution in [0.25, 0.3) is 0 Å². The van der Waals surface area contributed by atoms with Gasteiger partial charge in [0, 0.05) is 12.3 Å². The number of carbonyl (C=O) groups is 2. The molecule has 0 saturated carbocycles. The van der Waals surface area contributed by atoms with E-state index in [2.05, 4.69) is 5.32 Å². The van der Waals surface area contributed by atoms with Crippen LogP contribution in [-0.2, 0) is 19.4 Å². The van der Waals surface area contributed by atoms with Crippen molar-refractivity contribution in [2.45, 2.75) is 39.7 Å². The topological polar surface area (TPSA) is 83.6 Å². The fraction of sp³-hybridized carbons (Fsp3) is 0.846. The van der Waals surface area contributed by atoms with Gasteiger partial charge in [-0.15, -0.1) is 0 Å². The first-order valence-corrected chi connectivity index (χ1v) is 8.91. The smallest absolute Gasteiger partial charge is 0.245 e. The maximum absolute atomic E-state index is 12.3. The van der Waals surface area contributed by atoms with Crippen LogP contribution in [0.15, 0.2) is 0 Å². The standard InChI is InChI=1S/C13H24N2O4S/c1-4-10(3)12-13(17)15(9-11(16)14-12)7-6-8-20(18,19)5-2/h10,12H,4-9H2,1-3H3,(H,14,16). The minimum atomic E-state index is -3.02. The van der Waals surface area contributed by atoms with Gasteiger partial charge in [-0.05, 0) is 12.3 Å². The quantitative estimate of drug-likeness (QED) is 0.727. The predicted octanol–water partition coefficient (Wildman–Crippen LogP) is 0.184. The Morgan fingerprint density at radius 3 is 2.55 bits per heavy atom. The summed E-state index contributed by atoms with van der Waals surface area (Å²) in [5.74, 6) is -0.0328. The van der Waals surface area contributed by atoms with E-state index in [9.17, 15) is 18.0 Å². The van der Waals surface area contributed by atoms with E-state index in [0.29, 0.717) is 13.0 Å². The lowest BCUT2D eigenvalue weighted by Gasteiger charge is -2.35. The zero-order chi connectivity index (χ0) is 15.3. The zero-order valence-electron chi connectivity index (χ0n) is 12.4. The summed E-state index contributed by atoms with van der Waals surface area (Å²) in [4.78, 5) is 25.4. The number of nitrogens with one attached hydrogen (secondary N) is 1. The maximum Gasteiger partial charge on any atom is 0.245 e. The molecule has 2 atom stereocenters. The molecule has 0 aliphatic carbocycles. The Labute approximate surface area is 120 Å². The molecule has 1 saturated heterocycles. The second-order valence-corrected chi connectivity index (χ2v) is 7.75. The van der Waals surface area contributed by atoms with E-state index in [-0.39, 0.29) is 35.8 Å². The van der Waals surface area contributed by atoms with Crippen molar-refractivity contribution in [2.24, 2.45) is 5.92 Å². The Morgan fingerprint density at radius 2 is 2.00 bits per heavy atom. The molecule has 0 aromatic rings. The van der Waals surface area contributed by atoms with E-state index in [4.69, 9.17) is 0 Å². The van der Waals surface area contributed by atoms with E-state index in [0.717, 1.165) is 6.42 Å². The summed E-state index contributed by atoms with van der Waals surface area (Å²) in [5, 5.41) is 2.72. The van der Waals surface area contributed by atoms with Crippen molar-refractivity contribution in [3.8, 4) is 0 Å². The summed E-state index contributed by atoms with van der Waals surface area (Å²) < 4.78 is 22.8. The fourth-order valence-electron chi connectivity index (χ4n) is 2.16. The lowest BCUT2D eigenvalue weighted by Crippen LogP contribution is -2.60. The van der Waals surface area contributed by atoms with Crippen molar-refractivity contribution < 1.29 is 18.0 Å². The molecule has 1 N–H and O–H groups in total. The van der Waals surface area contributed by atoms with E-state index in [1.165, 1.54) is 4.90 Å². The van der Waals surface area contributed by atoms with Crippen molar-refractivity contribution >= 4 is 21.7 Å². The summed E-state index contributed by atoms with van der Waals surface area (Å²) >= 11 is 0. The van der Waals surface area contributed by atoms with Crippen molar-refractivity contribution in [3.05, 3.63) is 0 Å². The van der Waals surface area contributed by atoms with Crippen LogP contribution in [0.4, 0.5) is 0 Å². The van der Waals surface area contributed by atoms with Gasteiger partial charge in [0.05, 0.1) is 12.3 Å². The van der Waals surface area contributed by atoms with Gasteiger partial charge in [-0.2, -0.15) is 0 Å².